The van der Waals surface area contributed by atoms with Gasteiger partial charge in [0.25, 0.3) is 5.56 Å². The van der Waals surface area contributed by atoms with Crippen LogP contribution in [0.15, 0.2) is 47.3 Å². The SMILES string of the molecule is COc1cccc(OC)c1OCCn1c(=O)c(C)nc2ccccc21. The smallest absolute Gasteiger partial charge is 0.272 e. The summed E-state index contributed by atoms with van der Waals surface area (Å²) in [5.41, 5.74) is 1.92. The molecule has 1 heterocycles. The van der Waals surface area contributed by atoms with Gasteiger partial charge in [-0.1, -0.05) is 18.2 Å². The number of para-hydroxylation sites is 3. The van der Waals surface area contributed by atoms with Gasteiger partial charge in [0.1, 0.15) is 12.3 Å². The first-order valence-corrected chi connectivity index (χ1v) is 7.95. The molecule has 130 valence electrons. The maximum absolute atomic E-state index is 12.5. The Morgan fingerprint density at radius 1 is 1.00 bits per heavy atom. The van der Waals surface area contributed by atoms with Crippen molar-refractivity contribution in [2.75, 3.05) is 20.8 Å². The molecule has 0 fully saturated rings. The molecule has 0 N–H and O–H groups in total. The van der Waals surface area contributed by atoms with Gasteiger partial charge in [-0.2, -0.15) is 0 Å². The summed E-state index contributed by atoms with van der Waals surface area (Å²) in [7, 11) is 3.15. The summed E-state index contributed by atoms with van der Waals surface area (Å²) in [5.74, 6) is 1.69. The first-order valence-electron chi connectivity index (χ1n) is 7.95. The number of aromatic nitrogens is 2. The highest BCUT2D eigenvalue weighted by Crippen LogP contribution is 2.36. The lowest BCUT2D eigenvalue weighted by molar-refractivity contribution is 0.263. The van der Waals surface area contributed by atoms with Crippen LogP contribution in [0.4, 0.5) is 0 Å². The van der Waals surface area contributed by atoms with Crippen LogP contribution >= 0.6 is 0 Å². The Hall–Kier alpha value is -3.02. The number of benzene rings is 2. The molecule has 0 saturated carbocycles. The molecule has 0 aliphatic rings. The van der Waals surface area contributed by atoms with E-state index in [-0.39, 0.29) is 5.56 Å². The van der Waals surface area contributed by atoms with Gasteiger partial charge in [-0.15, -0.1) is 0 Å². The molecule has 0 atom stereocenters. The van der Waals surface area contributed by atoms with Crippen molar-refractivity contribution < 1.29 is 14.2 Å². The third-order valence-corrected chi connectivity index (χ3v) is 3.96. The quantitative estimate of drug-likeness (QED) is 0.690. The average molecular weight is 340 g/mol. The Balaban J connectivity index is 1.88. The molecular formula is C19H20N2O4. The van der Waals surface area contributed by atoms with Crippen LogP contribution in [0.5, 0.6) is 17.2 Å². The van der Waals surface area contributed by atoms with Crippen LogP contribution in [-0.4, -0.2) is 30.4 Å². The van der Waals surface area contributed by atoms with Gasteiger partial charge in [0.2, 0.25) is 5.75 Å². The molecule has 6 heteroatoms. The molecule has 0 spiro atoms. The minimum atomic E-state index is -0.116. The van der Waals surface area contributed by atoms with Crippen molar-refractivity contribution in [1.29, 1.82) is 0 Å². The lowest BCUT2D eigenvalue weighted by Crippen LogP contribution is -2.26. The van der Waals surface area contributed by atoms with Crippen LogP contribution in [0.3, 0.4) is 0 Å². The van der Waals surface area contributed by atoms with Gasteiger partial charge in [-0.3, -0.25) is 4.79 Å². The number of nitrogens with zero attached hydrogens (tertiary/aromatic N) is 2. The van der Waals surface area contributed by atoms with Gasteiger partial charge in [-0.05, 0) is 31.2 Å². The molecule has 6 nitrogen and oxygen atoms in total. The minimum Gasteiger partial charge on any atom is -0.493 e. The number of aryl methyl sites for hydroxylation is 1. The molecule has 0 bridgehead atoms. The number of methoxy groups -OCH3 is 2. The number of rotatable bonds is 6. The second-order valence-electron chi connectivity index (χ2n) is 5.48. The van der Waals surface area contributed by atoms with E-state index >= 15 is 0 Å². The highest BCUT2D eigenvalue weighted by Gasteiger charge is 2.12. The van der Waals surface area contributed by atoms with Crippen LogP contribution in [0.1, 0.15) is 5.69 Å². The Morgan fingerprint density at radius 3 is 2.36 bits per heavy atom. The van der Waals surface area contributed by atoms with E-state index in [1.54, 1.807) is 37.8 Å². The molecule has 0 aliphatic heterocycles. The number of ether oxygens (including phenoxy) is 3. The first kappa shape index (κ1) is 16.8. The van der Waals surface area contributed by atoms with E-state index in [0.717, 1.165) is 11.0 Å². The fourth-order valence-corrected chi connectivity index (χ4v) is 2.74. The van der Waals surface area contributed by atoms with E-state index in [2.05, 4.69) is 4.98 Å². The van der Waals surface area contributed by atoms with Crippen molar-refractivity contribution >= 4 is 11.0 Å². The van der Waals surface area contributed by atoms with Crippen LogP contribution in [0.2, 0.25) is 0 Å². The van der Waals surface area contributed by atoms with E-state index in [1.165, 1.54) is 0 Å². The van der Waals surface area contributed by atoms with Crippen molar-refractivity contribution in [3.63, 3.8) is 0 Å². The third-order valence-electron chi connectivity index (χ3n) is 3.96. The Kier molecular flexibility index (Phi) is 4.88. The van der Waals surface area contributed by atoms with E-state index in [9.17, 15) is 4.79 Å². The van der Waals surface area contributed by atoms with E-state index in [4.69, 9.17) is 14.2 Å². The van der Waals surface area contributed by atoms with Crippen molar-refractivity contribution in [3.8, 4) is 17.2 Å². The topological polar surface area (TPSA) is 62.6 Å². The van der Waals surface area contributed by atoms with Gasteiger partial charge in [0.05, 0.1) is 31.8 Å². The molecule has 0 saturated heterocycles. The normalized spacial score (nSPS) is 10.7. The second-order valence-corrected chi connectivity index (χ2v) is 5.48. The van der Waals surface area contributed by atoms with Crippen molar-refractivity contribution in [3.05, 3.63) is 58.5 Å². The molecule has 3 aromatic rings. The number of fused-ring (bicyclic) bond motifs is 1. The summed E-state index contributed by atoms with van der Waals surface area (Å²) in [6.07, 6.45) is 0. The summed E-state index contributed by atoms with van der Waals surface area (Å²) >= 11 is 0. The van der Waals surface area contributed by atoms with Crippen LogP contribution in [0.25, 0.3) is 11.0 Å². The van der Waals surface area contributed by atoms with Gasteiger partial charge in [0, 0.05) is 0 Å². The van der Waals surface area contributed by atoms with Crippen molar-refractivity contribution in [1.82, 2.24) is 9.55 Å². The van der Waals surface area contributed by atoms with E-state index in [1.807, 2.05) is 30.3 Å². The predicted molar refractivity (Wildman–Crippen MR) is 95.8 cm³/mol. The molecule has 0 amide bonds. The molecule has 0 unspecified atom stereocenters. The zero-order valence-electron chi connectivity index (χ0n) is 14.5. The first-order chi connectivity index (χ1) is 12.2. The Bertz CT molecular complexity index is 928. The standard InChI is InChI=1S/C19H20N2O4/c1-13-19(22)21(15-8-5-4-7-14(15)20-13)11-12-25-18-16(23-2)9-6-10-17(18)24-3/h4-10H,11-12H2,1-3H3. The lowest BCUT2D eigenvalue weighted by atomic mass is 10.2. The molecule has 0 radical (unpaired) electrons. The zero-order valence-corrected chi connectivity index (χ0v) is 14.5. The third kappa shape index (κ3) is 3.28. The molecule has 2 aromatic carbocycles. The van der Waals surface area contributed by atoms with E-state index in [0.29, 0.717) is 36.1 Å². The van der Waals surface area contributed by atoms with Crippen molar-refractivity contribution in [2.45, 2.75) is 13.5 Å². The predicted octanol–water partition coefficient (Wildman–Crippen LogP) is 2.80. The summed E-state index contributed by atoms with van der Waals surface area (Å²) in [4.78, 5) is 16.8. The molecule has 25 heavy (non-hydrogen) atoms. The van der Waals surface area contributed by atoms with Gasteiger partial charge in [0.15, 0.2) is 11.5 Å². The highest BCUT2D eigenvalue weighted by atomic mass is 16.5. The highest BCUT2D eigenvalue weighted by molar-refractivity contribution is 5.74. The molecule has 1 aromatic heterocycles. The molecular weight excluding hydrogens is 320 g/mol. The minimum absolute atomic E-state index is 0.116. The van der Waals surface area contributed by atoms with Gasteiger partial charge in [-0.25, -0.2) is 4.98 Å². The second kappa shape index (κ2) is 7.25. The van der Waals surface area contributed by atoms with Crippen LogP contribution in [0, 0.1) is 6.92 Å². The fraction of sp³-hybridized carbons (Fsp3) is 0.263. The Labute approximate surface area is 145 Å². The summed E-state index contributed by atoms with van der Waals surface area (Å²) < 4.78 is 18.2. The maximum Gasteiger partial charge on any atom is 0.272 e. The fourth-order valence-electron chi connectivity index (χ4n) is 2.74. The molecule has 0 aliphatic carbocycles. The van der Waals surface area contributed by atoms with E-state index < -0.39 is 0 Å². The van der Waals surface area contributed by atoms with Crippen LogP contribution in [-0.2, 0) is 6.54 Å². The monoisotopic (exact) mass is 340 g/mol. The largest absolute Gasteiger partial charge is 0.493 e. The number of hydrogen-bond donors (Lipinski definition) is 0. The van der Waals surface area contributed by atoms with Crippen LogP contribution < -0.4 is 19.8 Å². The van der Waals surface area contributed by atoms with Gasteiger partial charge >= 0.3 is 0 Å². The Morgan fingerprint density at radius 2 is 1.68 bits per heavy atom. The maximum atomic E-state index is 12.5. The zero-order chi connectivity index (χ0) is 17.8. The average Bonchev–Trinajstić information content (AvgIpc) is 2.64. The number of hydrogen-bond acceptors (Lipinski definition) is 5. The molecule has 3 rings (SSSR count). The lowest BCUT2D eigenvalue weighted by Gasteiger charge is -2.15. The van der Waals surface area contributed by atoms with Crippen molar-refractivity contribution in [2.24, 2.45) is 0 Å². The summed E-state index contributed by atoms with van der Waals surface area (Å²) in [6, 6.07) is 13.0. The summed E-state index contributed by atoms with van der Waals surface area (Å²) in [5, 5.41) is 0. The summed E-state index contributed by atoms with van der Waals surface area (Å²) in [6.45, 7) is 2.41. The van der Waals surface area contributed by atoms with Gasteiger partial charge < -0.3 is 18.8 Å².